The lowest BCUT2D eigenvalue weighted by Gasteiger charge is -2.34. The number of benzene rings is 1. The summed E-state index contributed by atoms with van der Waals surface area (Å²) in [5.41, 5.74) is 5.83. The van der Waals surface area contributed by atoms with Gasteiger partial charge >= 0.3 is 0 Å². The van der Waals surface area contributed by atoms with Crippen molar-refractivity contribution in [1.82, 2.24) is 10.2 Å². The summed E-state index contributed by atoms with van der Waals surface area (Å²) in [4.78, 5) is 37.6. The molecule has 0 bridgehead atoms. The van der Waals surface area contributed by atoms with Crippen molar-refractivity contribution in [3.63, 3.8) is 0 Å². The van der Waals surface area contributed by atoms with Gasteiger partial charge in [-0.2, -0.15) is 0 Å². The molecule has 0 aromatic heterocycles. The largest absolute Gasteiger partial charge is 0.348 e. The van der Waals surface area contributed by atoms with Crippen molar-refractivity contribution in [3.8, 4) is 0 Å². The summed E-state index contributed by atoms with van der Waals surface area (Å²) in [7, 11) is 0. The van der Waals surface area contributed by atoms with E-state index >= 15 is 0 Å². The van der Waals surface area contributed by atoms with Crippen LogP contribution in [-0.4, -0.2) is 41.2 Å². The monoisotopic (exact) mass is 303 g/mol. The number of nitrogens with one attached hydrogen (secondary N) is 1. The Labute approximate surface area is 129 Å². The Morgan fingerprint density at radius 3 is 2.14 bits per heavy atom. The topological polar surface area (TPSA) is 92.5 Å². The van der Waals surface area contributed by atoms with Crippen LogP contribution >= 0.6 is 0 Å². The molecule has 0 aliphatic carbocycles. The highest BCUT2D eigenvalue weighted by atomic mass is 16.2. The maximum absolute atomic E-state index is 12.2. The fourth-order valence-electron chi connectivity index (χ4n) is 2.32. The van der Waals surface area contributed by atoms with Crippen LogP contribution in [0.5, 0.6) is 0 Å². The van der Waals surface area contributed by atoms with E-state index in [1.807, 2.05) is 20.8 Å². The number of amides is 3. The number of rotatable bonds is 5. The minimum atomic E-state index is -0.574. The molecule has 6 heteroatoms. The third kappa shape index (κ3) is 2.74. The van der Waals surface area contributed by atoms with E-state index < -0.39 is 23.3 Å². The highest BCUT2D eigenvalue weighted by Crippen LogP contribution is 2.22. The van der Waals surface area contributed by atoms with Crippen molar-refractivity contribution in [2.45, 2.75) is 26.3 Å². The van der Waals surface area contributed by atoms with E-state index in [1.54, 1.807) is 24.3 Å². The van der Waals surface area contributed by atoms with Crippen LogP contribution in [0.2, 0.25) is 0 Å². The average Bonchev–Trinajstić information content (AvgIpc) is 2.72. The summed E-state index contributed by atoms with van der Waals surface area (Å²) >= 11 is 0. The number of hydrogen-bond donors (Lipinski definition) is 2. The van der Waals surface area contributed by atoms with Gasteiger partial charge in [-0.3, -0.25) is 19.3 Å². The Hall–Kier alpha value is -2.21. The molecule has 0 saturated heterocycles. The second-order valence-corrected chi connectivity index (χ2v) is 6.07. The van der Waals surface area contributed by atoms with Crippen molar-refractivity contribution >= 4 is 17.7 Å². The lowest BCUT2D eigenvalue weighted by atomic mass is 9.88. The van der Waals surface area contributed by atoms with Crippen LogP contribution in [0, 0.1) is 5.92 Å². The van der Waals surface area contributed by atoms with Gasteiger partial charge in [0.1, 0.15) is 6.54 Å². The lowest BCUT2D eigenvalue weighted by molar-refractivity contribution is -0.123. The number of carbonyl (C=O) groups is 3. The summed E-state index contributed by atoms with van der Waals surface area (Å²) in [6.07, 6.45) is 0. The van der Waals surface area contributed by atoms with E-state index in [2.05, 4.69) is 5.32 Å². The molecular formula is C16H21N3O3. The molecule has 2 rings (SSSR count). The summed E-state index contributed by atoms with van der Waals surface area (Å²) in [6.45, 7) is 5.73. The van der Waals surface area contributed by atoms with Gasteiger partial charge in [0.05, 0.1) is 16.7 Å². The molecule has 1 heterocycles. The molecule has 1 aliphatic rings. The Kier molecular flexibility index (Phi) is 4.32. The summed E-state index contributed by atoms with van der Waals surface area (Å²) < 4.78 is 0. The zero-order chi connectivity index (χ0) is 16.5. The fraction of sp³-hybridized carbons (Fsp3) is 0.438. The van der Waals surface area contributed by atoms with Gasteiger partial charge in [0.2, 0.25) is 5.91 Å². The minimum absolute atomic E-state index is 0.128. The first kappa shape index (κ1) is 16.2. The molecule has 1 unspecified atom stereocenters. The average molecular weight is 303 g/mol. The molecule has 22 heavy (non-hydrogen) atoms. The van der Waals surface area contributed by atoms with E-state index in [-0.39, 0.29) is 19.0 Å². The van der Waals surface area contributed by atoms with Gasteiger partial charge in [0, 0.05) is 6.54 Å². The fourth-order valence-corrected chi connectivity index (χ4v) is 2.32. The van der Waals surface area contributed by atoms with Gasteiger partial charge in [-0.25, -0.2) is 0 Å². The van der Waals surface area contributed by atoms with Crippen molar-refractivity contribution in [2.24, 2.45) is 11.7 Å². The Morgan fingerprint density at radius 2 is 1.73 bits per heavy atom. The number of nitrogens with zero attached hydrogens (tertiary/aromatic N) is 1. The second kappa shape index (κ2) is 5.88. The van der Waals surface area contributed by atoms with Crippen molar-refractivity contribution in [1.29, 1.82) is 0 Å². The van der Waals surface area contributed by atoms with Crippen molar-refractivity contribution in [3.05, 3.63) is 35.4 Å². The molecule has 1 aromatic carbocycles. The molecule has 118 valence electrons. The van der Waals surface area contributed by atoms with E-state index in [0.717, 1.165) is 4.90 Å². The first-order valence-corrected chi connectivity index (χ1v) is 7.26. The van der Waals surface area contributed by atoms with Crippen LogP contribution in [-0.2, 0) is 4.79 Å². The predicted molar refractivity (Wildman–Crippen MR) is 82.2 cm³/mol. The van der Waals surface area contributed by atoms with Gasteiger partial charge < -0.3 is 11.1 Å². The van der Waals surface area contributed by atoms with Crippen LogP contribution < -0.4 is 11.1 Å². The molecule has 0 spiro atoms. The third-order valence-electron chi connectivity index (χ3n) is 4.30. The second-order valence-electron chi connectivity index (χ2n) is 6.07. The number of fused-ring (bicyclic) bond motifs is 1. The molecule has 3 amide bonds. The van der Waals surface area contributed by atoms with Crippen molar-refractivity contribution in [2.75, 3.05) is 13.1 Å². The quantitative estimate of drug-likeness (QED) is 0.786. The summed E-state index contributed by atoms with van der Waals surface area (Å²) in [5.74, 6) is -1.13. The standard InChI is InChI=1S/C16H21N3O3/c1-10(2)16(3,9-17)18-13(20)8-19-14(21)11-6-4-5-7-12(11)15(19)22/h4-7,10H,8-9,17H2,1-3H3,(H,18,20). The first-order chi connectivity index (χ1) is 10.3. The normalized spacial score (nSPS) is 16.7. The molecular weight excluding hydrogens is 282 g/mol. The first-order valence-electron chi connectivity index (χ1n) is 7.26. The van der Waals surface area contributed by atoms with Gasteiger partial charge in [-0.1, -0.05) is 26.0 Å². The predicted octanol–water partition coefficient (Wildman–Crippen LogP) is 0.772. The van der Waals surface area contributed by atoms with E-state index in [9.17, 15) is 14.4 Å². The molecule has 1 aliphatic heterocycles. The molecule has 0 radical (unpaired) electrons. The van der Waals surface area contributed by atoms with Gasteiger partial charge in [0.15, 0.2) is 0 Å². The SMILES string of the molecule is CC(C)C(C)(CN)NC(=O)CN1C(=O)c2ccccc2C1=O. The lowest BCUT2D eigenvalue weighted by Crippen LogP contribution is -2.57. The van der Waals surface area contributed by atoms with E-state index in [1.165, 1.54) is 0 Å². The Bertz CT molecular complexity index is 592. The van der Waals surface area contributed by atoms with Crippen LogP contribution in [0.1, 0.15) is 41.5 Å². The Morgan fingerprint density at radius 1 is 1.23 bits per heavy atom. The van der Waals surface area contributed by atoms with Gasteiger partial charge in [-0.15, -0.1) is 0 Å². The maximum Gasteiger partial charge on any atom is 0.262 e. The summed E-state index contributed by atoms with van der Waals surface area (Å²) in [6, 6.07) is 6.56. The molecule has 3 N–H and O–H groups in total. The summed E-state index contributed by atoms with van der Waals surface area (Å²) in [5, 5.41) is 2.83. The smallest absolute Gasteiger partial charge is 0.262 e. The third-order valence-corrected chi connectivity index (χ3v) is 4.30. The maximum atomic E-state index is 12.2. The minimum Gasteiger partial charge on any atom is -0.348 e. The van der Waals surface area contributed by atoms with Crippen LogP contribution in [0.3, 0.4) is 0 Å². The zero-order valence-corrected chi connectivity index (χ0v) is 13.1. The van der Waals surface area contributed by atoms with Gasteiger partial charge in [0.25, 0.3) is 11.8 Å². The Balaban J connectivity index is 2.11. The van der Waals surface area contributed by atoms with Crippen LogP contribution in [0.15, 0.2) is 24.3 Å². The molecule has 1 atom stereocenters. The van der Waals surface area contributed by atoms with E-state index in [0.29, 0.717) is 11.1 Å². The highest BCUT2D eigenvalue weighted by Gasteiger charge is 2.37. The van der Waals surface area contributed by atoms with Crippen LogP contribution in [0.4, 0.5) is 0 Å². The highest BCUT2D eigenvalue weighted by molar-refractivity contribution is 6.22. The molecule has 0 saturated carbocycles. The molecule has 1 aromatic rings. The number of imide groups is 1. The van der Waals surface area contributed by atoms with Crippen molar-refractivity contribution < 1.29 is 14.4 Å². The number of carbonyl (C=O) groups excluding carboxylic acids is 3. The van der Waals surface area contributed by atoms with Crippen LogP contribution in [0.25, 0.3) is 0 Å². The molecule has 0 fully saturated rings. The zero-order valence-electron chi connectivity index (χ0n) is 13.1. The number of hydrogen-bond acceptors (Lipinski definition) is 4. The van der Waals surface area contributed by atoms with E-state index in [4.69, 9.17) is 5.73 Å². The van der Waals surface area contributed by atoms with Gasteiger partial charge in [-0.05, 0) is 25.0 Å². The molecule has 6 nitrogen and oxygen atoms in total. The number of nitrogens with two attached hydrogens (primary N) is 1.